The molecule has 2 atom stereocenters. The maximum Gasteiger partial charge on any atom is 0.337 e. The van der Waals surface area contributed by atoms with Crippen LogP contribution in [0.25, 0.3) is 0 Å². The van der Waals surface area contributed by atoms with Crippen molar-refractivity contribution in [1.29, 1.82) is 0 Å². The van der Waals surface area contributed by atoms with Crippen LogP contribution < -0.4 is 10.1 Å². The van der Waals surface area contributed by atoms with Crippen molar-refractivity contribution in [3.05, 3.63) is 42.0 Å². The van der Waals surface area contributed by atoms with Gasteiger partial charge in [-0.1, -0.05) is 6.58 Å². The average Bonchev–Trinajstić information content (AvgIpc) is 2.72. The van der Waals surface area contributed by atoms with Crippen molar-refractivity contribution >= 4 is 17.8 Å². The Bertz CT molecular complexity index is 761. The van der Waals surface area contributed by atoms with Gasteiger partial charge in [0.05, 0.1) is 31.2 Å². The number of nitrogens with zero attached hydrogens (tertiary/aromatic N) is 1. The van der Waals surface area contributed by atoms with Gasteiger partial charge in [-0.15, -0.1) is 0 Å². The summed E-state index contributed by atoms with van der Waals surface area (Å²) in [6.45, 7) is 5.05. The molecule has 1 fully saturated rings. The van der Waals surface area contributed by atoms with E-state index in [1.165, 1.54) is 13.2 Å². The fourth-order valence-corrected chi connectivity index (χ4v) is 3.60. The van der Waals surface area contributed by atoms with Gasteiger partial charge in [-0.2, -0.15) is 0 Å². The van der Waals surface area contributed by atoms with Crippen molar-refractivity contribution in [2.24, 2.45) is 5.92 Å². The number of hydrogen-bond donors (Lipinski definition) is 1. The van der Waals surface area contributed by atoms with E-state index in [9.17, 15) is 14.4 Å². The quantitative estimate of drug-likeness (QED) is 0.644. The van der Waals surface area contributed by atoms with Crippen molar-refractivity contribution < 1.29 is 23.9 Å². The molecule has 3 rings (SSSR count). The summed E-state index contributed by atoms with van der Waals surface area (Å²) in [4.78, 5) is 38.1. The number of carbonyl (C=O) groups excluding carboxylic acids is 3. The topological polar surface area (TPSA) is 84.9 Å². The average molecular weight is 372 g/mol. The minimum atomic E-state index is -0.431. The zero-order valence-electron chi connectivity index (χ0n) is 15.4. The maximum absolute atomic E-state index is 12.8. The van der Waals surface area contributed by atoms with Crippen LogP contribution in [0.5, 0.6) is 5.75 Å². The zero-order valence-corrected chi connectivity index (χ0v) is 15.4. The lowest BCUT2D eigenvalue weighted by molar-refractivity contribution is -0.132. The summed E-state index contributed by atoms with van der Waals surface area (Å²) < 4.78 is 10.4. The number of rotatable bonds is 4. The van der Waals surface area contributed by atoms with Crippen molar-refractivity contribution in [2.75, 3.05) is 26.8 Å². The number of hydrogen-bond acceptors (Lipinski definition) is 5. The van der Waals surface area contributed by atoms with Gasteiger partial charge in [0.15, 0.2) is 0 Å². The fourth-order valence-electron chi connectivity index (χ4n) is 3.60. The number of esters is 1. The molecule has 0 aliphatic carbocycles. The summed E-state index contributed by atoms with van der Waals surface area (Å²) in [5.74, 6) is -0.257. The van der Waals surface area contributed by atoms with E-state index >= 15 is 0 Å². The summed E-state index contributed by atoms with van der Waals surface area (Å²) in [5, 5.41) is 3.07. The number of fused-ring (bicyclic) bond motifs is 1. The SMILES string of the molecule is C=CC(=O)N1CCCC(C(=O)NC2CCOc3ccc(C(=O)OC)cc32)C1. The molecule has 7 heteroatoms. The third-order valence-corrected chi connectivity index (χ3v) is 5.07. The Labute approximate surface area is 158 Å². The van der Waals surface area contributed by atoms with Crippen molar-refractivity contribution in [1.82, 2.24) is 10.2 Å². The second-order valence-corrected chi connectivity index (χ2v) is 6.77. The molecular formula is C20H24N2O5. The van der Waals surface area contributed by atoms with E-state index in [4.69, 9.17) is 9.47 Å². The van der Waals surface area contributed by atoms with Crippen LogP contribution in [-0.4, -0.2) is 49.5 Å². The molecule has 1 saturated heterocycles. The van der Waals surface area contributed by atoms with Crippen LogP contribution in [-0.2, 0) is 14.3 Å². The molecule has 0 saturated carbocycles. The standard InChI is InChI=1S/C20H24N2O5/c1-3-18(23)22-9-4-5-14(12-22)19(24)21-16-8-10-27-17-7-6-13(11-15(16)17)20(25)26-2/h3,6-7,11,14,16H,1,4-5,8-10,12H2,2H3,(H,21,24). The van der Waals surface area contributed by atoms with Crippen molar-refractivity contribution in [3.63, 3.8) is 0 Å². The molecule has 2 aliphatic heterocycles. The third kappa shape index (κ3) is 4.13. The van der Waals surface area contributed by atoms with Crippen LogP contribution in [0.4, 0.5) is 0 Å². The number of ether oxygens (including phenoxy) is 2. The van der Waals surface area contributed by atoms with E-state index in [1.807, 2.05) is 0 Å². The predicted molar refractivity (Wildman–Crippen MR) is 98.3 cm³/mol. The molecule has 144 valence electrons. The van der Waals surface area contributed by atoms with Gasteiger partial charge >= 0.3 is 5.97 Å². The molecule has 0 spiro atoms. The molecule has 2 heterocycles. The molecule has 1 aromatic carbocycles. The van der Waals surface area contributed by atoms with Gasteiger partial charge in [-0.25, -0.2) is 4.79 Å². The Morgan fingerprint density at radius 3 is 2.89 bits per heavy atom. The van der Waals surface area contributed by atoms with Crippen LogP contribution in [0.15, 0.2) is 30.9 Å². The van der Waals surface area contributed by atoms with Gasteiger partial charge < -0.3 is 19.7 Å². The van der Waals surface area contributed by atoms with Gasteiger partial charge in [0, 0.05) is 25.1 Å². The fraction of sp³-hybridized carbons (Fsp3) is 0.450. The number of likely N-dealkylation sites (tertiary alicyclic amines) is 1. The summed E-state index contributed by atoms with van der Waals surface area (Å²) in [5.41, 5.74) is 1.19. The van der Waals surface area contributed by atoms with E-state index < -0.39 is 5.97 Å². The van der Waals surface area contributed by atoms with Crippen LogP contribution in [0.2, 0.25) is 0 Å². The van der Waals surface area contributed by atoms with Gasteiger partial charge in [-0.3, -0.25) is 9.59 Å². The Morgan fingerprint density at radius 2 is 2.15 bits per heavy atom. The number of piperidine rings is 1. The molecule has 1 N–H and O–H groups in total. The Kier molecular flexibility index (Phi) is 5.78. The summed E-state index contributed by atoms with van der Waals surface area (Å²) >= 11 is 0. The van der Waals surface area contributed by atoms with Crippen LogP contribution in [0.3, 0.4) is 0 Å². The van der Waals surface area contributed by atoms with Crippen molar-refractivity contribution in [2.45, 2.75) is 25.3 Å². The van der Waals surface area contributed by atoms with Gasteiger partial charge in [-0.05, 0) is 37.1 Å². The first-order valence-electron chi connectivity index (χ1n) is 9.10. The highest BCUT2D eigenvalue weighted by atomic mass is 16.5. The third-order valence-electron chi connectivity index (χ3n) is 5.07. The molecule has 2 amide bonds. The number of nitrogens with one attached hydrogen (secondary N) is 1. The lowest BCUT2D eigenvalue weighted by Gasteiger charge is -2.33. The highest BCUT2D eigenvalue weighted by molar-refractivity contribution is 5.90. The molecule has 0 aromatic heterocycles. The van der Waals surface area contributed by atoms with E-state index in [2.05, 4.69) is 11.9 Å². The van der Waals surface area contributed by atoms with Crippen LogP contribution in [0.1, 0.15) is 41.2 Å². The zero-order chi connectivity index (χ0) is 19.4. The van der Waals surface area contributed by atoms with E-state index in [0.29, 0.717) is 37.4 Å². The van der Waals surface area contributed by atoms with E-state index in [1.54, 1.807) is 23.1 Å². The molecule has 7 nitrogen and oxygen atoms in total. The number of amides is 2. The minimum absolute atomic E-state index is 0.0853. The predicted octanol–water partition coefficient (Wildman–Crippen LogP) is 1.84. The lowest BCUT2D eigenvalue weighted by Crippen LogP contribution is -2.46. The van der Waals surface area contributed by atoms with E-state index in [0.717, 1.165) is 18.4 Å². The summed E-state index contributed by atoms with van der Waals surface area (Å²) in [6, 6.07) is 4.84. The Balaban J connectivity index is 1.73. The largest absolute Gasteiger partial charge is 0.493 e. The summed E-state index contributed by atoms with van der Waals surface area (Å²) in [7, 11) is 1.33. The first-order chi connectivity index (χ1) is 13.0. The Hall–Kier alpha value is -2.83. The smallest absolute Gasteiger partial charge is 0.337 e. The maximum atomic E-state index is 12.8. The normalized spacial score (nSPS) is 21.4. The van der Waals surface area contributed by atoms with Gasteiger partial charge in [0.2, 0.25) is 11.8 Å². The molecule has 1 aromatic rings. The number of methoxy groups -OCH3 is 1. The second kappa shape index (κ2) is 8.24. The molecule has 0 bridgehead atoms. The van der Waals surface area contributed by atoms with Gasteiger partial charge in [0.1, 0.15) is 5.75 Å². The van der Waals surface area contributed by atoms with Crippen LogP contribution in [0, 0.1) is 5.92 Å². The van der Waals surface area contributed by atoms with Crippen molar-refractivity contribution in [3.8, 4) is 5.75 Å². The first-order valence-corrected chi connectivity index (χ1v) is 9.10. The first kappa shape index (κ1) is 18.9. The van der Waals surface area contributed by atoms with E-state index in [-0.39, 0.29) is 23.8 Å². The summed E-state index contributed by atoms with van der Waals surface area (Å²) in [6.07, 6.45) is 3.42. The molecular weight excluding hydrogens is 348 g/mol. The number of carbonyl (C=O) groups is 3. The minimum Gasteiger partial charge on any atom is -0.493 e. The highest BCUT2D eigenvalue weighted by Gasteiger charge is 2.31. The van der Waals surface area contributed by atoms with Gasteiger partial charge in [0.25, 0.3) is 0 Å². The molecule has 27 heavy (non-hydrogen) atoms. The number of benzene rings is 1. The second-order valence-electron chi connectivity index (χ2n) is 6.77. The molecule has 2 unspecified atom stereocenters. The molecule has 0 radical (unpaired) electrons. The lowest BCUT2D eigenvalue weighted by atomic mass is 9.94. The van der Waals surface area contributed by atoms with Crippen LogP contribution >= 0.6 is 0 Å². The molecule has 2 aliphatic rings. The Morgan fingerprint density at radius 1 is 1.33 bits per heavy atom. The monoisotopic (exact) mass is 372 g/mol. The highest BCUT2D eigenvalue weighted by Crippen LogP contribution is 2.33.